The zero-order valence-corrected chi connectivity index (χ0v) is 16.1. The lowest BCUT2D eigenvalue weighted by molar-refractivity contribution is -0.137. The summed E-state index contributed by atoms with van der Waals surface area (Å²) in [6, 6.07) is 25.0. The third-order valence-corrected chi connectivity index (χ3v) is 5.45. The number of thioether (sulfide) groups is 1. The molecule has 0 N–H and O–H groups in total. The van der Waals surface area contributed by atoms with Gasteiger partial charge in [0.05, 0.1) is 11.3 Å². The van der Waals surface area contributed by atoms with Crippen LogP contribution in [0.3, 0.4) is 0 Å². The van der Waals surface area contributed by atoms with Gasteiger partial charge in [-0.25, -0.2) is 4.98 Å². The Morgan fingerprint density at radius 1 is 0.793 bits per heavy atom. The molecule has 0 aliphatic rings. The molecule has 0 saturated heterocycles. The fourth-order valence-corrected chi connectivity index (χ4v) is 3.88. The van der Waals surface area contributed by atoms with Gasteiger partial charge in [0.15, 0.2) is 5.16 Å². The van der Waals surface area contributed by atoms with Crippen molar-refractivity contribution in [3.63, 3.8) is 0 Å². The van der Waals surface area contributed by atoms with E-state index in [1.165, 1.54) is 17.7 Å². The van der Waals surface area contributed by atoms with Gasteiger partial charge in [0.2, 0.25) is 0 Å². The predicted molar refractivity (Wildman–Crippen MR) is 110 cm³/mol. The van der Waals surface area contributed by atoms with E-state index in [0.29, 0.717) is 11.3 Å². The summed E-state index contributed by atoms with van der Waals surface area (Å²) in [5.74, 6) is 0.747. The van der Waals surface area contributed by atoms with Crippen molar-refractivity contribution in [2.45, 2.75) is 17.1 Å². The lowest BCUT2D eigenvalue weighted by atomic mass is 10.1. The fraction of sp³-hybridized carbons (Fsp3) is 0.0870. The normalized spacial score (nSPS) is 11.6. The number of para-hydroxylation sites is 1. The van der Waals surface area contributed by atoms with Crippen LogP contribution >= 0.6 is 11.8 Å². The molecule has 146 valence electrons. The van der Waals surface area contributed by atoms with Crippen LogP contribution in [0, 0.1) is 0 Å². The highest BCUT2D eigenvalue weighted by Crippen LogP contribution is 2.32. The van der Waals surface area contributed by atoms with E-state index in [9.17, 15) is 13.2 Å². The Bertz CT molecular complexity index is 1070. The minimum absolute atomic E-state index is 0.637. The van der Waals surface area contributed by atoms with Crippen LogP contribution in [0.5, 0.6) is 0 Å². The topological polar surface area (TPSA) is 17.8 Å². The molecule has 0 radical (unpaired) electrons. The van der Waals surface area contributed by atoms with Gasteiger partial charge in [-0.1, -0.05) is 72.4 Å². The highest BCUT2D eigenvalue weighted by molar-refractivity contribution is 7.98. The SMILES string of the molecule is FC(F)(F)c1ccc(-c2cn(-c3ccccc3)c(SCc3ccccc3)n2)cc1. The maximum absolute atomic E-state index is 12.9. The van der Waals surface area contributed by atoms with Crippen LogP contribution in [0.25, 0.3) is 16.9 Å². The maximum Gasteiger partial charge on any atom is 0.416 e. The van der Waals surface area contributed by atoms with Crippen LogP contribution in [0.15, 0.2) is 96.3 Å². The highest BCUT2D eigenvalue weighted by atomic mass is 32.2. The molecule has 4 rings (SSSR count). The predicted octanol–water partition coefficient (Wildman–Crippen LogP) is 6.85. The van der Waals surface area contributed by atoms with Crippen molar-refractivity contribution in [1.82, 2.24) is 9.55 Å². The van der Waals surface area contributed by atoms with Crippen molar-refractivity contribution in [3.8, 4) is 16.9 Å². The number of hydrogen-bond donors (Lipinski definition) is 0. The zero-order valence-electron chi connectivity index (χ0n) is 15.3. The summed E-state index contributed by atoms with van der Waals surface area (Å²) in [4.78, 5) is 4.71. The molecule has 29 heavy (non-hydrogen) atoms. The zero-order chi connectivity index (χ0) is 20.3. The first kappa shape index (κ1) is 19.3. The Hall–Kier alpha value is -2.99. The van der Waals surface area contributed by atoms with Gasteiger partial charge in [-0.2, -0.15) is 13.2 Å². The van der Waals surface area contributed by atoms with E-state index in [1.54, 1.807) is 11.8 Å². The number of hydrogen-bond acceptors (Lipinski definition) is 2. The summed E-state index contributed by atoms with van der Waals surface area (Å²) < 4.78 is 40.5. The molecule has 0 aliphatic heterocycles. The molecule has 0 bridgehead atoms. The van der Waals surface area contributed by atoms with Crippen LogP contribution in [0.1, 0.15) is 11.1 Å². The number of alkyl halides is 3. The van der Waals surface area contributed by atoms with Gasteiger partial charge in [0.1, 0.15) is 0 Å². The van der Waals surface area contributed by atoms with Crippen molar-refractivity contribution in [1.29, 1.82) is 0 Å². The number of aromatic nitrogens is 2. The second-order valence-corrected chi connectivity index (χ2v) is 7.41. The molecule has 3 aromatic carbocycles. The second kappa shape index (κ2) is 8.17. The number of imidazole rings is 1. The first-order chi connectivity index (χ1) is 14.0. The Labute approximate surface area is 171 Å². The molecular formula is C23H17F3N2S. The van der Waals surface area contributed by atoms with Crippen molar-refractivity contribution in [2.24, 2.45) is 0 Å². The lowest BCUT2D eigenvalue weighted by Gasteiger charge is -2.07. The van der Waals surface area contributed by atoms with E-state index < -0.39 is 11.7 Å². The maximum atomic E-state index is 12.9. The molecule has 1 heterocycles. The van der Waals surface area contributed by atoms with E-state index in [1.807, 2.05) is 59.3 Å². The minimum atomic E-state index is -4.35. The largest absolute Gasteiger partial charge is 0.416 e. The minimum Gasteiger partial charge on any atom is -0.294 e. The summed E-state index contributed by atoms with van der Waals surface area (Å²) in [7, 11) is 0. The van der Waals surface area contributed by atoms with E-state index in [-0.39, 0.29) is 0 Å². The molecule has 6 heteroatoms. The van der Waals surface area contributed by atoms with Crippen LogP contribution < -0.4 is 0 Å². The monoisotopic (exact) mass is 410 g/mol. The Morgan fingerprint density at radius 2 is 1.41 bits per heavy atom. The summed E-state index contributed by atoms with van der Waals surface area (Å²) >= 11 is 1.59. The standard InChI is InChI=1S/C23H17F3N2S/c24-23(25,26)19-13-11-18(12-14-19)21-15-28(20-9-5-2-6-10-20)22(27-21)29-16-17-7-3-1-4-8-17/h1-15H,16H2. The van der Waals surface area contributed by atoms with E-state index >= 15 is 0 Å². The number of nitrogens with zero attached hydrogens (tertiary/aromatic N) is 2. The van der Waals surface area contributed by atoms with E-state index in [0.717, 1.165) is 28.7 Å². The van der Waals surface area contributed by atoms with Gasteiger partial charge in [-0.15, -0.1) is 0 Å². The first-order valence-electron chi connectivity index (χ1n) is 9.00. The van der Waals surface area contributed by atoms with Crippen LogP contribution in [-0.2, 0) is 11.9 Å². The molecule has 2 nitrogen and oxygen atoms in total. The molecule has 0 aliphatic carbocycles. The Kier molecular flexibility index (Phi) is 5.45. The molecule has 0 amide bonds. The smallest absolute Gasteiger partial charge is 0.294 e. The molecule has 0 saturated carbocycles. The van der Waals surface area contributed by atoms with E-state index in [2.05, 4.69) is 12.1 Å². The van der Waals surface area contributed by atoms with Crippen LogP contribution in [0.4, 0.5) is 13.2 Å². The molecule has 0 fully saturated rings. The average molecular weight is 410 g/mol. The van der Waals surface area contributed by atoms with Gasteiger partial charge in [-0.3, -0.25) is 4.57 Å². The Morgan fingerprint density at radius 3 is 2.03 bits per heavy atom. The molecule has 0 atom stereocenters. The van der Waals surface area contributed by atoms with Crippen LogP contribution in [0.2, 0.25) is 0 Å². The van der Waals surface area contributed by atoms with Gasteiger partial charge in [0, 0.05) is 23.2 Å². The second-order valence-electron chi connectivity index (χ2n) is 6.46. The Balaban J connectivity index is 1.67. The summed E-state index contributed by atoms with van der Waals surface area (Å²) in [5.41, 5.74) is 2.75. The first-order valence-corrected chi connectivity index (χ1v) is 9.98. The average Bonchev–Trinajstić information content (AvgIpc) is 3.17. The lowest BCUT2D eigenvalue weighted by Crippen LogP contribution is -2.03. The summed E-state index contributed by atoms with van der Waals surface area (Å²) in [5, 5.41) is 0.787. The molecule has 0 unspecified atom stereocenters. The third-order valence-electron chi connectivity index (χ3n) is 4.43. The fourth-order valence-electron chi connectivity index (χ4n) is 2.93. The number of rotatable bonds is 5. The summed E-state index contributed by atoms with van der Waals surface area (Å²) in [6.45, 7) is 0. The van der Waals surface area contributed by atoms with Crippen molar-refractivity contribution in [3.05, 3.63) is 102 Å². The highest BCUT2D eigenvalue weighted by Gasteiger charge is 2.30. The molecular weight excluding hydrogens is 393 g/mol. The van der Waals surface area contributed by atoms with Gasteiger partial charge in [0.25, 0.3) is 0 Å². The molecule has 0 spiro atoms. The van der Waals surface area contributed by atoms with Gasteiger partial charge >= 0.3 is 6.18 Å². The van der Waals surface area contributed by atoms with Crippen LogP contribution in [-0.4, -0.2) is 9.55 Å². The number of benzene rings is 3. The third kappa shape index (κ3) is 4.54. The molecule has 4 aromatic rings. The van der Waals surface area contributed by atoms with Crippen molar-refractivity contribution < 1.29 is 13.2 Å². The van der Waals surface area contributed by atoms with Crippen molar-refractivity contribution in [2.75, 3.05) is 0 Å². The summed E-state index contributed by atoms with van der Waals surface area (Å²) in [6.07, 6.45) is -2.48. The quantitative estimate of drug-likeness (QED) is 0.335. The van der Waals surface area contributed by atoms with Gasteiger partial charge in [-0.05, 0) is 29.8 Å². The van der Waals surface area contributed by atoms with E-state index in [4.69, 9.17) is 4.98 Å². The van der Waals surface area contributed by atoms with Gasteiger partial charge < -0.3 is 0 Å². The van der Waals surface area contributed by atoms with Crippen molar-refractivity contribution >= 4 is 11.8 Å². The number of halogens is 3. The molecule has 1 aromatic heterocycles.